The number of rotatable bonds is 6. The summed E-state index contributed by atoms with van der Waals surface area (Å²) >= 11 is 0. The van der Waals surface area contributed by atoms with Gasteiger partial charge in [-0.25, -0.2) is 0 Å². The van der Waals surface area contributed by atoms with Gasteiger partial charge in [0.2, 0.25) is 0 Å². The average molecular weight is 212 g/mol. The van der Waals surface area contributed by atoms with Crippen LogP contribution in [0, 0.1) is 0 Å². The summed E-state index contributed by atoms with van der Waals surface area (Å²) in [6.45, 7) is 1.18. The van der Waals surface area contributed by atoms with E-state index in [9.17, 15) is 9.46 Å². The zero-order valence-electron chi connectivity index (χ0n) is 7.97. The van der Waals surface area contributed by atoms with Crippen LogP contribution in [0.2, 0.25) is 0 Å². The van der Waals surface area contributed by atoms with Crippen LogP contribution in [-0.2, 0) is 9.09 Å². The van der Waals surface area contributed by atoms with E-state index in [1.807, 2.05) is 0 Å². The molecule has 0 aliphatic rings. The smallest absolute Gasteiger partial charge is 0.269 e. The summed E-state index contributed by atoms with van der Waals surface area (Å²) in [7, 11) is -0.997. The normalized spacial score (nSPS) is 17.0. The Morgan fingerprint density at radius 2 is 2.15 bits per heavy atom. The van der Waals surface area contributed by atoms with Crippen molar-refractivity contribution in [2.24, 2.45) is 5.73 Å². The summed E-state index contributed by atoms with van der Waals surface area (Å²) in [5, 5.41) is 0. The molecule has 0 bridgehead atoms. The molecule has 1 atom stereocenters. The molecular weight excluding hydrogens is 195 g/mol. The monoisotopic (exact) mass is 212 g/mol. The highest BCUT2D eigenvalue weighted by Gasteiger charge is 2.16. The van der Waals surface area contributed by atoms with Crippen LogP contribution in [0.5, 0.6) is 0 Å². The number of nitrogens with two attached hydrogens (primary N) is 1. The third-order valence-corrected chi connectivity index (χ3v) is 1.98. The number of hydrogen-bond acceptors (Lipinski definition) is 4. The van der Waals surface area contributed by atoms with Gasteiger partial charge in [-0.3, -0.25) is 9.09 Å². The predicted molar refractivity (Wildman–Crippen MR) is 46.4 cm³/mol. The lowest BCUT2D eigenvalue weighted by Crippen LogP contribution is -2.43. The van der Waals surface area contributed by atoms with E-state index in [4.69, 9.17) is 10.6 Å². The molecule has 0 heterocycles. The van der Waals surface area contributed by atoms with Crippen molar-refractivity contribution < 1.29 is 23.4 Å². The molecule has 0 aliphatic carbocycles. The second-order valence-corrected chi connectivity index (χ2v) is 4.72. The Labute approximate surface area is 78.1 Å². The molecule has 0 aromatic heterocycles. The lowest BCUT2D eigenvalue weighted by molar-refractivity contribution is -0.906. The molecule has 0 rings (SSSR count). The number of quaternary nitrogens is 1. The minimum absolute atomic E-state index is 0.0721. The molecule has 0 aromatic rings. The van der Waals surface area contributed by atoms with Crippen LogP contribution in [0.3, 0.4) is 0 Å². The average Bonchev–Trinajstić information content (AvgIpc) is 1.97. The van der Waals surface area contributed by atoms with Gasteiger partial charge < -0.3 is 20.0 Å². The van der Waals surface area contributed by atoms with Crippen LogP contribution >= 0.6 is 7.82 Å². The lowest BCUT2D eigenvalue weighted by Gasteiger charge is -2.30. The van der Waals surface area contributed by atoms with Crippen molar-refractivity contribution in [2.45, 2.75) is 6.42 Å². The quantitative estimate of drug-likeness (QED) is 0.329. The van der Waals surface area contributed by atoms with E-state index >= 15 is 0 Å². The van der Waals surface area contributed by atoms with Gasteiger partial charge in [0.25, 0.3) is 7.82 Å². The molecule has 0 fully saturated rings. The molecule has 0 amide bonds. The van der Waals surface area contributed by atoms with Gasteiger partial charge in [0.15, 0.2) is 6.73 Å². The van der Waals surface area contributed by atoms with Gasteiger partial charge in [-0.1, -0.05) is 0 Å². The Balaban J connectivity index is 3.82. The van der Waals surface area contributed by atoms with Crippen molar-refractivity contribution >= 4 is 7.82 Å². The fourth-order valence-corrected chi connectivity index (χ4v) is 1.27. The number of hydrogen-bond donors (Lipinski definition) is 2. The maximum atomic E-state index is 10.3. The maximum absolute atomic E-state index is 10.3. The van der Waals surface area contributed by atoms with Gasteiger partial charge in [-0.2, -0.15) is 0 Å². The van der Waals surface area contributed by atoms with Gasteiger partial charge in [0.05, 0.1) is 20.6 Å². The van der Waals surface area contributed by atoms with Crippen LogP contribution in [0.15, 0.2) is 0 Å². The van der Waals surface area contributed by atoms with Gasteiger partial charge in [-0.05, 0) is 6.54 Å². The summed E-state index contributed by atoms with van der Waals surface area (Å²) in [5.74, 6) is 0. The van der Waals surface area contributed by atoms with E-state index in [-0.39, 0.29) is 6.73 Å². The van der Waals surface area contributed by atoms with Crippen LogP contribution in [0.25, 0.3) is 0 Å². The van der Waals surface area contributed by atoms with E-state index in [0.29, 0.717) is 17.6 Å². The first-order valence-corrected chi connectivity index (χ1v) is 5.47. The first-order valence-electron chi connectivity index (χ1n) is 3.97. The van der Waals surface area contributed by atoms with Crippen molar-refractivity contribution in [3.63, 3.8) is 0 Å². The number of nitrogens with zero attached hydrogens (tertiary/aromatic N) is 1. The summed E-state index contributed by atoms with van der Waals surface area (Å²) in [6.07, 6.45) is 0.783. The summed E-state index contributed by atoms with van der Waals surface area (Å²) in [6, 6.07) is 0. The molecule has 0 spiro atoms. The zero-order chi connectivity index (χ0) is 10.5. The van der Waals surface area contributed by atoms with Gasteiger partial charge in [0.1, 0.15) is 0 Å². The van der Waals surface area contributed by atoms with Crippen LogP contribution in [0.1, 0.15) is 6.42 Å². The summed E-state index contributed by atoms with van der Waals surface area (Å²) < 4.78 is 14.9. The predicted octanol–water partition coefficient (Wildman–Crippen LogP) is -1.15. The standard InChI is InChI=1S/C6H17N2O4P/c1-8(2,5-3-4-7)6-12-13(9,10)11/h3-7H2,1-2H3,(H-,9,10,11). The van der Waals surface area contributed by atoms with E-state index < -0.39 is 7.82 Å². The van der Waals surface area contributed by atoms with Crippen molar-refractivity contribution in [1.82, 2.24) is 0 Å². The minimum Gasteiger partial charge on any atom is -0.756 e. The zero-order valence-corrected chi connectivity index (χ0v) is 8.87. The SMILES string of the molecule is C[N+](C)(CCCN)COP(=O)([O-])O. The van der Waals surface area contributed by atoms with Crippen LogP contribution < -0.4 is 10.6 Å². The molecule has 0 aliphatic heterocycles. The molecule has 7 heteroatoms. The van der Waals surface area contributed by atoms with Crippen LogP contribution in [0.4, 0.5) is 0 Å². The number of phosphoric ester groups is 1. The molecular formula is C6H17N2O4P. The Kier molecular flexibility index (Phi) is 5.06. The van der Waals surface area contributed by atoms with Crippen molar-refractivity contribution in [3.8, 4) is 0 Å². The fourth-order valence-electron chi connectivity index (χ4n) is 0.813. The Hall–Kier alpha value is 0.0300. The largest absolute Gasteiger partial charge is 0.756 e. The molecule has 0 aromatic carbocycles. The highest BCUT2D eigenvalue weighted by Crippen LogP contribution is 2.30. The molecule has 0 radical (unpaired) electrons. The minimum atomic E-state index is -4.59. The molecule has 6 nitrogen and oxygen atoms in total. The molecule has 0 saturated carbocycles. The first-order chi connectivity index (χ1) is 5.77. The maximum Gasteiger partial charge on any atom is 0.269 e. The lowest BCUT2D eigenvalue weighted by atomic mass is 10.4. The molecule has 3 N–H and O–H groups in total. The third-order valence-electron chi connectivity index (χ3n) is 1.54. The third kappa shape index (κ3) is 8.36. The van der Waals surface area contributed by atoms with E-state index in [1.165, 1.54) is 0 Å². The summed E-state index contributed by atoms with van der Waals surface area (Å²) in [4.78, 5) is 18.6. The van der Waals surface area contributed by atoms with Crippen molar-refractivity contribution in [1.29, 1.82) is 0 Å². The Morgan fingerprint density at radius 3 is 2.54 bits per heavy atom. The van der Waals surface area contributed by atoms with Crippen molar-refractivity contribution in [3.05, 3.63) is 0 Å². The van der Waals surface area contributed by atoms with E-state index in [0.717, 1.165) is 6.42 Å². The highest BCUT2D eigenvalue weighted by atomic mass is 31.2. The highest BCUT2D eigenvalue weighted by molar-refractivity contribution is 7.44. The second kappa shape index (κ2) is 5.05. The van der Waals surface area contributed by atoms with Crippen LogP contribution in [-0.4, -0.2) is 43.3 Å². The molecule has 0 saturated heterocycles. The fraction of sp³-hybridized carbons (Fsp3) is 1.00. The Bertz CT molecular complexity index is 191. The topological polar surface area (TPSA) is 95.6 Å². The van der Waals surface area contributed by atoms with E-state index in [1.54, 1.807) is 14.1 Å². The first kappa shape index (κ1) is 13.0. The van der Waals surface area contributed by atoms with E-state index in [2.05, 4.69) is 4.52 Å². The second-order valence-electron chi connectivity index (χ2n) is 3.53. The van der Waals surface area contributed by atoms with Gasteiger partial charge in [0, 0.05) is 6.42 Å². The Morgan fingerprint density at radius 1 is 1.62 bits per heavy atom. The van der Waals surface area contributed by atoms with Gasteiger partial charge in [-0.15, -0.1) is 0 Å². The number of phosphoric acid groups is 1. The molecule has 80 valence electrons. The molecule has 1 unspecified atom stereocenters. The molecule has 13 heavy (non-hydrogen) atoms. The van der Waals surface area contributed by atoms with Crippen molar-refractivity contribution in [2.75, 3.05) is 33.9 Å². The summed E-state index contributed by atoms with van der Waals surface area (Å²) in [5.41, 5.74) is 5.30. The van der Waals surface area contributed by atoms with Gasteiger partial charge >= 0.3 is 0 Å².